The Hall–Kier alpha value is -1.98. The van der Waals surface area contributed by atoms with Crippen molar-refractivity contribution >= 4 is 11.6 Å². The van der Waals surface area contributed by atoms with Crippen LogP contribution in [0.15, 0.2) is 12.3 Å². The molecule has 14 heavy (non-hydrogen) atoms. The van der Waals surface area contributed by atoms with Crippen molar-refractivity contribution in [3.8, 4) is 0 Å². The number of nitrogens with one attached hydrogen (secondary N) is 3. The molecule has 0 bridgehead atoms. The molecule has 2 rings (SSSR count). The van der Waals surface area contributed by atoms with Gasteiger partial charge < -0.3 is 16.0 Å². The zero-order valence-corrected chi connectivity index (χ0v) is 7.83. The van der Waals surface area contributed by atoms with E-state index in [0.717, 1.165) is 11.5 Å². The molecule has 74 valence electrons. The number of aromatic nitrogens is 4. The molecule has 0 radical (unpaired) electrons. The highest BCUT2D eigenvalue weighted by Crippen LogP contribution is 2.14. The molecule has 2 heterocycles. The average Bonchev–Trinajstić information content (AvgIpc) is 2.72. The van der Waals surface area contributed by atoms with Crippen LogP contribution in [0.5, 0.6) is 0 Å². The summed E-state index contributed by atoms with van der Waals surface area (Å²) in [5, 5.41) is 9.78. The highest BCUT2D eigenvalue weighted by atomic mass is 15.1. The number of aryl methyl sites for hydroxylation is 1. The summed E-state index contributed by atoms with van der Waals surface area (Å²) < 4.78 is 0. The third kappa shape index (κ3) is 1.68. The SMILES string of the molecule is Cc1nc(NCc2ccn[nH]2)c(N)[nH]1. The minimum Gasteiger partial charge on any atom is -0.382 e. The van der Waals surface area contributed by atoms with Gasteiger partial charge in [-0.25, -0.2) is 4.98 Å². The van der Waals surface area contributed by atoms with Gasteiger partial charge in [-0.3, -0.25) is 5.10 Å². The lowest BCUT2D eigenvalue weighted by atomic mass is 10.4. The number of H-pyrrole nitrogens is 2. The van der Waals surface area contributed by atoms with Crippen molar-refractivity contribution in [2.75, 3.05) is 11.1 Å². The van der Waals surface area contributed by atoms with Gasteiger partial charge in [-0.1, -0.05) is 0 Å². The van der Waals surface area contributed by atoms with Crippen molar-refractivity contribution in [1.82, 2.24) is 20.2 Å². The molecule has 2 aromatic rings. The summed E-state index contributed by atoms with van der Waals surface area (Å²) in [6.45, 7) is 2.49. The van der Waals surface area contributed by atoms with Crippen LogP contribution < -0.4 is 11.1 Å². The minimum absolute atomic E-state index is 0.557. The number of nitrogen functional groups attached to an aromatic ring is 1. The number of hydrogen-bond acceptors (Lipinski definition) is 4. The Kier molecular flexibility index (Phi) is 2.10. The number of nitrogens with zero attached hydrogens (tertiary/aromatic N) is 2. The highest BCUT2D eigenvalue weighted by molar-refractivity contribution is 5.56. The lowest BCUT2D eigenvalue weighted by Gasteiger charge is -2.00. The number of hydrogen-bond donors (Lipinski definition) is 4. The molecular formula is C8H12N6. The van der Waals surface area contributed by atoms with Gasteiger partial charge >= 0.3 is 0 Å². The van der Waals surface area contributed by atoms with Gasteiger partial charge in [0.2, 0.25) is 0 Å². The summed E-state index contributed by atoms with van der Waals surface area (Å²) in [7, 11) is 0. The Labute approximate surface area is 80.9 Å². The quantitative estimate of drug-likeness (QED) is 0.573. The van der Waals surface area contributed by atoms with Gasteiger partial charge in [0.1, 0.15) is 11.6 Å². The molecule has 6 nitrogen and oxygen atoms in total. The first-order chi connectivity index (χ1) is 6.75. The molecule has 5 N–H and O–H groups in total. The van der Waals surface area contributed by atoms with Crippen molar-refractivity contribution < 1.29 is 0 Å². The van der Waals surface area contributed by atoms with E-state index >= 15 is 0 Å². The van der Waals surface area contributed by atoms with Crippen LogP contribution in [0, 0.1) is 6.92 Å². The Bertz CT molecular complexity index is 401. The van der Waals surface area contributed by atoms with Crippen LogP contribution in [0.25, 0.3) is 0 Å². The van der Waals surface area contributed by atoms with Crippen LogP contribution in [0.1, 0.15) is 11.5 Å². The molecule has 0 amide bonds. The fraction of sp³-hybridized carbons (Fsp3) is 0.250. The molecule has 2 aromatic heterocycles. The van der Waals surface area contributed by atoms with Gasteiger partial charge in [0.25, 0.3) is 0 Å². The summed E-state index contributed by atoms with van der Waals surface area (Å²) in [6, 6.07) is 1.89. The van der Waals surface area contributed by atoms with E-state index < -0.39 is 0 Å². The summed E-state index contributed by atoms with van der Waals surface area (Å²) in [6.07, 6.45) is 1.70. The summed E-state index contributed by atoms with van der Waals surface area (Å²) in [5.74, 6) is 2.04. The lowest BCUT2D eigenvalue weighted by molar-refractivity contribution is 0.976. The maximum absolute atomic E-state index is 5.67. The molecule has 0 aliphatic heterocycles. The Morgan fingerprint density at radius 1 is 1.57 bits per heavy atom. The van der Waals surface area contributed by atoms with E-state index in [1.165, 1.54) is 0 Å². The fourth-order valence-electron chi connectivity index (χ4n) is 1.21. The molecule has 0 fully saturated rings. The van der Waals surface area contributed by atoms with Gasteiger partial charge in [0.05, 0.1) is 12.2 Å². The van der Waals surface area contributed by atoms with Gasteiger partial charge in [-0.2, -0.15) is 5.10 Å². The number of imidazole rings is 1. The number of rotatable bonds is 3. The van der Waals surface area contributed by atoms with Crippen LogP contribution in [-0.2, 0) is 6.54 Å². The molecular weight excluding hydrogens is 180 g/mol. The molecule has 0 aliphatic rings. The number of anilines is 2. The third-order valence-corrected chi connectivity index (χ3v) is 1.85. The van der Waals surface area contributed by atoms with Gasteiger partial charge in [0.15, 0.2) is 5.82 Å². The first-order valence-corrected chi connectivity index (χ1v) is 4.30. The van der Waals surface area contributed by atoms with Crippen molar-refractivity contribution in [1.29, 1.82) is 0 Å². The molecule has 0 atom stereocenters. The van der Waals surface area contributed by atoms with Crippen LogP contribution in [0.4, 0.5) is 11.6 Å². The summed E-state index contributed by atoms with van der Waals surface area (Å²) in [4.78, 5) is 7.10. The van der Waals surface area contributed by atoms with Gasteiger partial charge in [-0.15, -0.1) is 0 Å². The van der Waals surface area contributed by atoms with Crippen LogP contribution in [0.3, 0.4) is 0 Å². The molecule has 0 saturated carbocycles. The van der Waals surface area contributed by atoms with E-state index in [4.69, 9.17) is 5.73 Å². The second kappa shape index (κ2) is 3.41. The zero-order valence-electron chi connectivity index (χ0n) is 7.83. The summed E-state index contributed by atoms with van der Waals surface area (Å²) >= 11 is 0. The standard InChI is InChI=1S/C8H12N6/c1-5-12-7(9)8(13-5)10-4-6-2-3-11-14-6/h2-3,10H,4,9H2,1H3,(H,11,14)(H,12,13). The van der Waals surface area contributed by atoms with Crippen LogP contribution in [0.2, 0.25) is 0 Å². The molecule has 6 heteroatoms. The number of nitrogens with two attached hydrogens (primary N) is 1. The second-order valence-electron chi connectivity index (χ2n) is 3.02. The van der Waals surface area contributed by atoms with Crippen molar-refractivity contribution in [3.63, 3.8) is 0 Å². The maximum Gasteiger partial charge on any atom is 0.169 e. The normalized spacial score (nSPS) is 10.4. The maximum atomic E-state index is 5.67. The first kappa shape index (κ1) is 8.61. The molecule has 0 saturated heterocycles. The minimum atomic E-state index is 0.557. The van der Waals surface area contributed by atoms with Crippen LogP contribution in [-0.4, -0.2) is 20.2 Å². The Morgan fingerprint density at radius 2 is 2.43 bits per heavy atom. The first-order valence-electron chi connectivity index (χ1n) is 4.30. The van der Waals surface area contributed by atoms with E-state index in [1.54, 1.807) is 6.20 Å². The smallest absolute Gasteiger partial charge is 0.169 e. The van der Waals surface area contributed by atoms with Crippen molar-refractivity contribution in [2.24, 2.45) is 0 Å². The molecule has 0 spiro atoms. The highest BCUT2D eigenvalue weighted by Gasteiger charge is 2.03. The second-order valence-corrected chi connectivity index (χ2v) is 3.02. The summed E-state index contributed by atoms with van der Waals surface area (Å²) in [5.41, 5.74) is 6.67. The predicted octanol–water partition coefficient (Wildman–Crippen LogP) is 0.636. The largest absolute Gasteiger partial charge is 0.382 e. The number of aromatic amines is 2. The van der Waals surface area contributed by atoms with E-state index in [0.29, 0.717) is 18.2 Å². The van der Waals surface area contributed by atoms with Gasteiger partial charge in [0, 0.05) is 6.20 Å². The topological polar surface area (TPSA) is 95.4 Å². The molecule has 0 unspecified atom stereocenters. The average molecular weight is 192 g/mol. The fourth-order valence-corrected chi connectivity index (χ4v) is 1.21. The molecule has 0 aromatic carbocycles. The Balaban J connectivity index is 2.01. The Morgan fingerprint density at radius 3 is 3.00 bits per heavy atom. The van der Waals surface area contributed by atoms with Crippen molar-refractivity contribution in [3.05, 3.63) is 23.8 Å². The predicted molar refractivity (Wildman–Crippen MR) is 53.7 cm³/mol. The van der Waals surface area contributed by atoms with Crippen LogP contribution >= 0.6 is 0 Å². The monoisotopic (exact) mass is 192 g/mol. The molecule has 0 aliphatic carbocycles. The van der Waals surface area contributed by atoms with Crippen molar-refractivity contribution in [2.45, 2.75) is 13.5 Å². The van der Waals surface area contributed by atoms with E-state index in [2.05, 4.69) is 25.5 Å². The zero-order chi connectivity index (χ0) is 9.97. The third-order valence-electron chi connectivity index (χ3n) is 1.85. The van der Waals surface area contributed by atoms with E-state index in [9.17, 15) is 0 Å². The lowest BCUT2D eigenvalue weighted by Crippen LogP contribution is -2.02. The van der Waals surface area contributed by atoms with E-state index in [1.807, 2.05) is 13.0 Å². The van der Waals surface area contributed by atoms with Gasteiger partial charge in [-0.05, 0) is 13.0 Å². The van der Waals surface area contributed by atoms with E-state index in [-0.39, 0.29) is 0 Å².